The quantitative estimate of drug-likeness (QED) is 0.809. The van der Waals surface area contributed by atoms with Crippen LogP contribution in [0.15, 0.2) is 30.3 Å². The molecule has 0 amide bonds. The Morgan fingerprint density at radius 2 is 1.90 bits per heavy atom. The largest absolute Gasteiger partial charge is 0.490 e. The number of ether oxygens (including phenoxy) is 3. The number of anilines is 1. The second kappa shape index (κ2) is 6.72. The van der Waals surface area contributed by atoms with E-state index in [1.54, 1.807) is 13.2 Å². The third kappa shape index (κ3) is 3.36. The third-order valence-electron chi connectivity index (χ3n) is 2.64. The van der Waals surface area contributed by atoms with Crippen LogP contribution in [0.3, 0.4) is 0 Å². The predicted octanol–water partition coefficient (Wildman–Crippen LogP) is 1.76. The zero-order chi connectivity index (χ0) is 14.4. The Morgan fingerprint density at radius 1 is 1.10 bits per heavy atom. The molecule has 1 heterocycles. The number of hydrogen-bond acceptors (Lipinski definition) is 6. The minimum atomic E-state index is 0.158. The lowest BCUT2D eigenvalue weighted by Gasteiger charge is -2.11. The summed E-state index contributed by atoms with van der Waals surface area (Å²) in [6.45, 7) is 0.981. The second-order valence-electron chi connectivity index (χ2n) is 3.99. The van der Waals surface area contributed by atoms with Gasteiger partial charge in [0.2, 0.25) is 11.8 Å². The molecule has 6 heteroatoms. The Labute approximate surface area is 117 Å². The second-order valence-corrected chi connectivity index (χ2v) is 3.99. The maximum Gasteiger partial charge on any atom is 0.223 e. The highest BCUT2D eigenvalue weighted by Gasteiger charge is 2.10. The Morgan fingerprint density at radius 3 is 2.65 bits per heavy atom. The Balaban J connectivity index is 2.34. The van der Waals surface area contributed by atoms with Crippen molar-refractivity contribution in [2.75, 3.05) is 33.2 Å². The molecule has 6 nitrogen and oxygen atoms in total. The molecule has 0 aliphatic carbocycles. The van der Waals surface area contributed by atoms with E-state index >= 15 is 0 Å². The summed E-state index contributed by atoms with van der Waals surface area (Å²) in [5.41, 5.74) is 7.17. The zero-order valence-corrected chi connectivity index (χ0v) is 11.5. The smallest absolute Gasteiger partial charge is 0.223 e. The topological polar surface area (TPSA) is 79.5 Å². The van der Waals surface area contributed by atoms with Gasteiger partial charge in [0.1, 0.15) is 12.4 Å². The molecule has 0 saturated heterocycles. The average Bonchev–Trinajstić information content (AvgIpc) is 2.47. The van der Waals surface area contributed by atoms with E-state index in [1.165, 1.54) is 7.11 Å². The predicted molar refractivity (Wildman–Crippen MR) is 75.8 cm³/mol. The number of nitrogens with two attached hydrogens (primary N) is 1. The molecule has 0 saturated carbocycles. The standard InChI is InChI=1S/C14H17N3O3/c1-18-7-8-20-12-6-4-3-5-10(12)11-9-13(19-2)17-14(15)16-11/h3-6,9H,7-8H2,1-2H3,(H2,15,16,17). The molecule has 0 aliphatic rings. The highest BCUT2D eigenvalue weighted by Crippen LogP contribution is 2.30. The van der Waals surface area contributed by atoms with E-state index in [0.717, 1.165) is 5.56 Å². The number of rotatable bonds is 6. The normalized spacial score (nSPS) is 10.3. The lowest BCUT2D eigenvalue weighted by Crippen LogP contribution is -2.05. The van der Waals surface area contributed by atoms with Gasteiger partial charge in [-0.05, 0) is 12.1 Å². The van der Waals surface area contributed by atoms with Crippen LogP contribution in [0.25, 0.3) is 11.3 Å². The van der Waals surface area contributed by atoms with Crippen LogP contribution < -0.4 is 15.2 Å². The van der Waals surface area contributed by atoms with Crippen LogP contribution in [0.4, 0.5) is 5.95 Å². The maximum atomic E-state index is 5.68. The van der Waals surface area contributed by atoms with Gasteiger partial charge in [-0.15, -0.1) is 0 Å². The summed E-state index contributed by atoms with van der Waals surface area (Å²) in [7, 11) is 3.16. The van der Waals surface area contributed by atoms with E-state index in [2.05, 4.69) is 9.97 Å². The molecule has 2 aromatic rings. The summed E-state index contributed by atoms with van der Waals surface area (Å²) >= 11 is 0. The molecule has 0 atom stereocenters. The first kappa shape index (κ1) is 14.1. The first-order chi connectivity index (χ1) is 9.74. The average molecular weight is 275 g/mol. The van der Waals surface area contributed by atoms with Crippen molar-refractivity contribution < 1.29 is 14.2 Å². The lowest BCUT2D eigenvalue weighted by atomic mass is 10.1. The number of hydrogen-bond donors (Lipinski definition) is 1. The van der Waals surface area contributed by atoms with Crippen molar-refractivity contribution in [2.45, 2.75) is 0 Å². The molecule has 20 heavy (non-hydrogen) atoms. The Kier molecular flexibility index (Phi) is 4.73. The molecule has 2 rings (SSSR count). The minimum Gasteiger partial charge on any atom is -0.490 e. The van der Waals surface area contributed by atoms with E-state index in [9.17, 15) is 0 Å². The lowest BCUT2D eigenvalue weighted by molar-refractivity contribution is 0.146. The third-order valence-corrected chi connectivity index (χ3v) is 2.64. The number of methoxy groups -OCH3 is 2. The monoisotopic (exact) mass is 275 g/mol. The van der Waals surface area contributed by atoms with Crippen molar-refractivity contribution in [3.63, 3.8) is 0 Å². The number of para-hydroxylation sites is 1. The molecule has 2 N–H and O–H groups in total. The highest BCUT2D eigenvalue weighted by molar-refractivity contribution is 5.68. The van der Waals surface area contributed by atoms with E-state index < -0.39 is 0 Å². The summed E-state index contributed by atoms with van der Waals surface area (Å²) in [5, 5.41) is 0. The molecule has 0 spiro atoms. The maximum absolute atomic E-state index is 5.68. The van der Waals surface area contributed by atoms with Crippen molar-refractivity contribution in [2.24, 2.45) is 0 Å². The van der Waals surface area contributed by atoms with Gasteiger partial charge < -0.3 is 19.9 Å². The fraction of sp³-hybridized carbons (Fsp3) is 0.286. The SMILES string of the molecule is COCCOc1ccccc1-c1cc(OC)nc(N)n1. The fourth-order valence-corrected chi connectivity index (χ4v) is 1.72. The molecule has 0 fully saturated rings. The van der Waals surface area contributed by atoms with Crippen molar-refractivity contribution in [3.05, 3.63) is 30.3 Å². The summed E-state index contributed by atoms with van der Waals surface area (Å²) in [6.07, 6.45) is 0. The van der Waals surface area contributed by atoms with E-state index in [-0.39, 0.29) is 5.95 Å². The van der Waals surface area contributed by atoms with Crippen molar-refractivity contribution in [3.8, 4) is 22.9 Å². The molecule has 0 unspecified atom stereocenters. The van der Waals surface area contributed by atoms with Gasteiger partial charge in [0.15, 0.2) is 0 Å². The highest BCUT2D eigenvalue weighted by atomic mass is 16.5. The van der Waals surface area contributed by atoms with Crippen LogP contribution in [-0.2, 0) is 4.74 Å². The fourth-order valence-electron chi connectivity index (χ4n) is 1.72. The number of benzene rings is 1. The summed E-state index contributed by atoms with van der Waals surface area (Å²) in [5.74, 6) is 1.29. The van der Waals surface area contributed by atoms with E-state index in [1.807, 2.05) is 24.3 Å². The van der Waals surface area contributed by atoms with Crippen molar-refractivity contribution >= 4 is 5.95 Å². The molecule has 106 valence electrons. The Hall–Kier alpha value is -2.34. The van der Waals surface area contributed by atoms with Crippen molar-refractivity contribution in [1.82, 2.24) is 9.97 Å². The first-order valence-corrected chi connectivity index (χ1v) is 6.14. The molecule has 0 aliphatic heterocycles. The van der Waals surface area contributed by atoms with Gasteiger partial charge in [0.25, 0.3) is 0 Å². The first-order valence-electron chi connectivity index (χ1n) is 6.14. The Bertz CT molecular complexity index is 575. The van der Waals surface area contributed by atoms with Gasteiger partial charge in [0, 0.05) is 18.7 Å². The summed E-state index contributed by atoms with van der Waals surface area (Å²) in [6, 6.07) is 9.30. The van der Waals surface area contributed by atoms with Gasteiger partial charge in [-0.25, -0.2) is 4.98 Å². The molecule has 0 radical (unpaired) electrons. The number of nitrogen functional groups attached to an aromatic ring is 1. The number of aromatic nitrogens is 2. The molecule has 0 bridgehead atoms. The molecule has 1 aromatic heterocycles. The van der Waals surface area contributed by atoms with E-state index in [0.29, 0.717) is 30.5 Å². The van der Waals surface area contributed by atoms with Crippen LogP contribution in [0.2, 0.25) is 0 Å². The zero-order valence-electron chi connectivity index (χ0n) is 11.5. The number of nitrogens with zero attached hydrogens (tertiary/aromatic N) is 2. The molecule has 1 aromatic carbocycles. The van der Waals surface area contributed by atoms with Crippen molar-refractivity contribution in [1.29, 1.82) is 0 Å². The van der Waals surface area contributed by atoms with Crippen LogP contribution in [0.1, 0.15) is 0 Å². The van der Waals surface area contributed by atoms with Gasteiger partial charge in [-0.1, -0.05) is 12.1 Å². The molecular weight excluding hydrogens is 258 g/mol. The summed E-state index contributed by atoms with van der Waals surface area (Å²) in [4.78, 5) is 8.18. The van der Waals surface area contributed by atoms with Crippen LogP contribution in [-0.4, -0.2) is 37.4 Å². The molecular formula is C14H17N3O3. The summed E-state index contributed by atoms with van der Waals surface area (Å²) < 4.78 is 15.8. The van der Waals surface area contributed by atoms with Gasteiger partial charge in [0.05, 0.1) is 19.4 Å². The minimum absolute atomic E-state index is 0.158. The van der Waals surface area contributed by atoms with Crippen LogP contribution >= 0.6 is 0 Å². The van der Waals surface area contributed by atoms with E-state index in [4.69, 9.17) is 19.9 Å². The van der Waals surface area contributed by atoms with Crippen LogP contribution in [0, 0.1) is 0 Å². The van der Waals surface area contributed by atoms with Gasteiger partial charge in [-0.2, -0.15) is 4.98 Å². The van der Waals surface area contributed by atoms with Crippen LogP contribution in [0.5, 0.6) is 11.6 Å². The van der Waals surface area contributed by atoms with Gasteiger partial charge in [-0.3, -0.25) is 0 Å². The van der Waals surface area contributed by atoms with Gasteiger partial charge >= 0.3 is 0 Å².